The van der Waals surface area contributed by atoms with E-state index in [1.165, 1.54) is 65.9 Å². The van der Waals surface area contributed by atoms with Crippen molar-refractivity contribution in [1.29, 1.82) is 0 Å². The molecule has 0 N–H and O–H groups in total. The highest BCUT2D eigenvalue weighted by atomic mass is 15.1. The Balaban J connectivity index is 1.02. The average Bonchev–Trinajstić information content (AvgIpc) is 3.88. The Labute approximate surface area is 366 Å². The van der Waals surface area contributed by atoms with Gasteiger partial charge < -0.3 is 14.0 Å². The lowest BCUT2D eigenvalue weighted by atomic mass is 10.0. The van der Waals surface area contributed by atoms with Gasteiger partial charge >= 0.3 is 0 Å². The van der Waals surface area contributed by atoms with Crippen molar-refractivity contribution >= 4 is 60.7 Å². The fourth-order valence-corrected chi connectivity index (χ4v) is 9.58. The molecule has 0 radical (unpaired) electrons. The average molecular weight is 804 g/mol. The minimum atomic E-state index is 1.08. The van der Waals surface area contributed by atoms with Crippen LogP contribution in [0.4, 0.5) is 17.1 Å². The highest BCUT2D eigenvalue weighted by molar-refractivity contribution is 6.11. The molecule has 0 aliphatic heterocycles. The fourth-order valence-electron chi connectivity index (χ4n) is 9.58. The Hall–Kier alpha value is -8.40. The molecule has 12 aromatic rings. The van der Waals surface area contributed by atoms with E-state index in [-0.39, 0.29) is 0 Å². The lowest BCUT2D eigenvalue weighted by Crippen LogP contribution is -2.10. The summed E-state index contributed by atoms with van der Waals surface area (Å²) in [6, 6.07) is 90.1. The smallest absolute Gasteiger partial charge is 0.0561 e. The lowest BCUT2D eigenvalue weighted by molar-refractivity contribution is 1.13. The first-order valence-corrected chi connectivity index (χ1v) is 21.6. The van der Waals surface area contributed by atoms with Crippen molar-refractivity contribution in [2.45, 2.75) is 0 Å². The van der Waals surface area contributed by atoms with Crippen molar-refractivity contribution in [3.63, 3.8) is 0 Å². The van der Waals surface area contributed by atoms with Gasteiger partial charge in [-0.2, -0.15) is 0 Å². The van der Waals surface area contributed by atoms with Crippen molar-refractivity contribution in [1.82, 2.24) is 9.13 Å². The summed E-state index contributed by atoms with van der Waals surface area (Å²) in [5, 5.41) is 4.98. The monoisotopic (exact) mass is 803 g/mol. The van der Waals surface area contributed by atoms with E-state index in [1.807, 2.05) is 0 Å². The van der Waals surface area contributed by atoms with Crippen LogP contribution >= 0.6 is 0 Å². The minimum Gasteiger partial charge on any atom is -0.311 e. The molecule has 12 rings (SSSR count). The molecule has 0 bridgehead atoms. The predicted molar refractivity (Wildman–Crippen MR) is 266 cm³/mol. The normalized spacial score (nSPS) is 11.5. The van der Waals surface area contributed by atoms with Gasteiger partial charge in [0.25, 0.3) is 0 Å². The van der Waals surface area contributed by atoms with Crippen LogP contribution in [0.3, 0.4) is 0 Å². The van der Waals surface area contributed by atoms with E-state index in [4.69, 9.17) is 0 Å². The number of benzene rings is 10. The van der Waals surface area contributed by atoms with Gasteiger partial charge in [-0.3, -0.25) is 0 Å². The molecule has 0 saturated carbocycles. The maximum absolute atomic E-state index is 2.46. The van der Waals surface area contributed by atoms with E-state index < -0.39 is 0 Å². The van der Waals surface area contributed by atoms with E-state index in [9.17, 15) is 0 Å². The van der Waals surface area contributed by atoms with Gasteiger partial charge in [0.15, 0.2) is 0 Å². The van der Waals surface area contributed by atoms with E-state index in [2.05, 4.69) is 263 Å². The van der Waals surface area contributed by atoms with E-state index in [1.54, 1.807) is 0 Å². The summed E-state index contributed by atoms with van der Waals surface area (Å²) in [6.45, 7) is 0. The molecule has 3 nitrogen and oxygen atoms in total. The molecule has 2 heterocycles. The van der Waals surface area contributed by atoms with E-state index >= 15 is 0 Å². The van der Waals surface area contributed by atoms with Crippen LogP contribution < -0.4 is 4.90 Å². The van der Waals surface area contributed by atoms with E-state index in [0.29, 0.717) is 0 Å². The molecule has 3 heteroatoms. The summed E-state index contributed by atoms with van der Waals surface area (Å²) in [5.74, 6) is 0. The molecule has 0 aliphatic carbocycles. The van der Waals surface area contributed by atoms with Crippen LogP contribution in [0.1, 0.15) is 0 Å². The van der Waals surface area contributed by atoms with Gasteiger partial charge in [0.2, 0.25) is 0 Å². The highest BCUT2D eigenvalue weighted by Crippen LogP contribution is 2.42. The Bertz CT molecular complexity index is 3390. The Morgan fingerprint density at radius 1 is 0.254 bits per heavy atom. The topological polar surface area (TPSA) is 13.1 Å². The van der Waals surface area contributed by atoms with Crippen LogP contribution in [0.25, 0.3) is 88.4 Å². The standard InChI is InChI=1S/C60H41N3/c1-3-15-42(16-4-1)44-27-33-47(34-28-44)61(48-35-29-45(30-36-48)43-17-5-2-6-18-43)49-37-31-46(32-38-49)51-40-39-50(62-56-23-11-7-19-52(56)53-20-8-12-24-57(53)62)41-60(51)63-58-25-13-9-21-54(58)55-22-10-14-26-59(55)63/h1-41H. The molecule has 10 aromatic carbocycles. The number of fused-ring (bicyclic) bond motifs is 6. The first-order valence-electron chi connectivity index (χ1n) is 21.6. The number of anilines is 3. The zero-order chi connectivity index (χ0) is 41.7. The molecule has 0 unspecified atom stereocenters. The number of rotatable bonds is 8. The van der Waals surface area contributed by atoms with Crippen molar-refractivity contribution in [2.75, 3.05) is 4.90 Å². The number of hydrogen-bond donors (Lipinski definition) is 0. The first kappa shape index (κ1) is 36.5. The second-order valence-electron chi connectivity index (χ2n) is 16.1. The zero-order valence-corrected chi connectivity index (χ0v) is 34.5. The second kappa shape index (κ2) is 15.3. The third-order valence-electron chi connectivity index (χ3n) is 12.5. The summed E-state index contributed by atoms with van der Waals surface area (Å²) in [5.41, 5.74) is 17.4. The van der Waals surface area contributed by atoms with Crippen LogP contribution in [0.15, 0.2) is 249 Å². The molecular weight excluding hydrogens is 763 g/mol. The van der Waals surface area contributed by atoms with Crippen molar-refractivity contribution in [3.05, 3.63) is 249 Å². The summed E-state index contributed by atoms with van der Waals surface area (Å²) in [4.78, 5) is 2.35. The third-order valence-corrected chi connectivity index (χ3v) is 12.5. The van der Waals surface area contributed by atoms with Gasteiger partial charge in [-0.1, -0.05) is 176 Å². The third kappa shape index (κ3) is 6.29. The van der Waals surface area contributed by atoms with Crippen molar-refractivity contribution in [2.24, 2.45) is 0 Å². The minimum absolute atomic E-state index is 1.08. The maximum Gasteiger partial charge on any atom is 0.0561 e. The SMILES string of the molecule is c1ccc(-c2ccc(N(c3ccc(-c4ccccc4)cc3)c3ccc(-c4ccc(-n5c6ccccc6c6ccccc65)cc4-n4c5ccccc5c5ccccc54)cc3)cc2)cc1. The van der Waals surface area contributed by atoms with Crippen LogP contribution in [-0.2, 0) is 0 Å². The summed E-state index contributed by atoms with van der Waals surface area (Å²) in [7, 11) is 0. The molecule has 296 valence electrons. The summed E-state index contributed by atoms with van der Waals surface area (Å²) >= 11 is 0. The molecule has 63 heavy (non-hydrogen) atoms. The highest BCUT2D eigenvalue weighted by Gasteiger charge is 2.20. The number of aromatic nitrogens is 2. The van der Waals surface area contributed by atoms with Crippen molar-refractivity contribution in [3.8, 4) is 44.8 Å². The lowest BCUT2D eigenvalue weighted by Gasteiger charge is -2.26. The molecule has 0 aliphatic rings. The summed E-state index contributed by atoms with van der Waals surface area (Å²) in [6.07, 6.45) is 0. The molecule has 2 aromatic heterocycles. The Morgan fingerprint density at radius 3 is 1.00 bits per heavy atom. The first-order chi connectivity index (χ1) is 31.3. The van der Waals surface area contributed by atoms with Crippen LogP contribution in [0.2, 0.25) is 0 Å². The van der Waals surface area contributed by atoms with Crippen LogP contribution in [0, 0.1) is 0 Å². The van der Waals surface area contributed by atoms with Gasteiger partial charge in [-0.05, 0) is 101 Å². The number of hydrogen-bond acceptors (Lipinski definition) is 1. The van der Waals surface area contributed by atoms with Gasteiger partial charge in [0, 0.05) is 49.9 Å². The van der Waals surface area contributed by atoms with Gasteiger partial charge in [0.05, 0.1) is 27.8 Å². The molecule has 0 saturated heterocycles. The molecule has 0 amide bonds. The quantitative estimate of drug-likeness (QED) is 0.149. The Kier molecular flexibility index (Phi) is 8.83. The van der Waals surface area contributed by atoms with Gasteiger partial charge in [0.1, 0.15) is 0 Å². The van der Waals surface area contributed by atoms with Crippen LogP contribution in [-0.4, -0.2) is 9.13 Å². The van der Waals surface area contributed by atoms with Crippen molar-refractivity contribution < 1.29 is 0 Å². The number of nitrogens with zero attached hydrogens (tertiary/aromatic N) is 3. The molecular formula is C60H41N3. The van der Waals surface area contributed by atoms with Gasteiger partial charge in [-0.25, -0.2) is 0 Å². The largest absolute Gasteiger partial charge is 0.311 e. The molecule has 0 atom stereocenters. The summed E-state index contributed by atoms with van der Waals surface area (Å²) < 4.78 is 4.87. The number of para-hydroxylation sites is 4. The molecule has 0 spiro atoms. The molecule has 0 fully saturated rings. The second-order valence-corrected chi connectivity index (χ2v) is 16.1. The maximum atomic E-state index is 2.46. The zero-order valence-electron chi connectivity index (χ0n) is 34.5. The fraction of sp³-hybridized carbons (Fsp3) is 0. The van der Waals surface area contributed by atoms with E-state index in [0.717, 1.165) is 39.6 Å². The Morgan fingerprint density at radius 2 is 0.587 bits per heavy atom. The van der Waals surface area contributed by atoms with Gasteiger partial charge in [-0.15, -0.1) is 0 Å². The predicted octanol–water partition coefficient (Wildman–Crippen LogP) is 16.4. The van der Waals surface area contributed by atoms with Crippen LogP contribution in [0.5, 0.6) is 0 Å².